The standard InChI is InChI=1S/C18H25F2N3O4/c1-26-14-6-5-12(10-15(14)27-18(19)20)17(25)22-7-3-9-23-8-2-4-13(11-23)16(21)24/h5-6,10,13,18H,2-4,7-9,11H2,1H3,(H2,21,24)(H,22,25). The molecular weight excluding hydrogens is 360 g/mol. The van der Waals surface area contributed by atoms with Gasteiger partial charge in [-0.25, -0.2) is 0 Å². The number of ether oxygens (including phenoxy) is 2. The van der Waals surface area contributed by atoms with E-state index in [4.69, 9.17) is 10.5 Å². The lowest BCUT2D eigenvalue weighted by atomic mass is 9.97. The molecular formula is C18H25F2N3O4. The third kappa shape index (κ3) is 6.35. The maximum absolute atomic E-state index is 12.5. The largest absolute Gasteiger partial charge is 0.493 e. The Hall–Kier alpha value is -2.42. The number of amides is 2. The zero-order chi connectivity index (χ0) is 19.8. The zero-order valence-corrected chi connectivity index (χ0v) is 15.2. The molecule has 1 fully saturated rings. The van der Waals surface area contributed by atoms with Gasteiger partial charge < -0.3 is 25.4 Å². The first-order chi connectivity index (χ1) is 12.9. The summed E-state index contributed by atoms with van der Waals surface area (Å²) in [6, 6.07) is 4.11. The van der Waals surface area contributed by atoms with Crippen molar-refractivity contribution < 1.29 is 27.8 Å². The molecule has 0 aromatic heterocycles. The number of carbonyl (C=O) groups is 2. The van der Waals surface area contributed by atoms with Gasteiger partial charge >= 0.3 is 6.61 Å². The number of methoxy groups -OCH3 is 1. The molecule has 2 rings (SSSR count). The third-order valence-electron chi connectivity index (χ3n) is 4.49. The molecule has 0 bridgehead atoms. The molecule has 1 saturated heterocycles. The van der Waals surface area contributed by atoms with Crippen molar-refractivity contribution in [2.75, 3.05) is 33.3 Å². The number of halogens is 2. The topological polar surface area (TPSA) is 93.9 Å². The number of rotatable bonds is 9. The van der Waals surface area contributed by atoms with Gasteiger partial charge in [-0.05, 0) is 50.6 Å². The predicted molar refractivity (Wildman–Crippen MR) is 94.9 cm³/mol. The second-order valence-corrected chi connectivity index (χ2v) is 6.40. The van der Waals surface area contributed by atoms with E-state index in [1.54, 1.807) is 0 Å². The minimum absolute atomic E-state index is 0.110. The van der Waals surface area contributed by atoms with Crippen molar-refractivity contribution in [1.82, 2.24) is 10.2 Å². The number of likely N-dealkylation sites (tertiary alicyclic amines) is 1. The second-order valence-electron chi connectivity index (χ2n) is 6.40. The molecule has 1 heterocycles. The summed E-state index contributed by atoms with van der Waals surface area (Å²) in [5.41, 5.74) is 5.57. The summed E-state index contributed by atoms with van der Waals surface area (Å²) in [6.07, 6.45) is 2.45. The van der Waals surface area contributed by atoms with Crippen LogP contribution in [-0.4, -0.2) is 56.6 Å². The number of nitrogens with one attached hydrogen (secondary N) is 1. The number of piperidine rings is 1. The summed E-state index contributed by atoms with van der Waals surface area (Å²) in [4.78, 5) is 25.7. The Morgan fingerprint density at radius 1 is 1.37 bits per heavy atom. The summed E-state index contributed by atoms with van der Waals surface area (Å²) < 4.78 is 34.2. The van der Waals surface area contributed by atoms with Crippen LogP contribution in [-0.2, 0) is 4.79 Å². The first-order valence-electron chi connectivity index (χ1n) is 8.83. The molecule has 27 heavy (non-hydrogen) atoms. The fourth-order valence-corrected chi connectivity index (χ4v) is 3.10. The molecule has 3 N–H and O–H groups in total. The summed E-state index contributed by atoms with van der Waals surface area (Å²) in [7, 11) is 1.33. The Balaban J connectivity index is 1.81. The highest BCUT2D eigenvalue weighted by atomic mass is 19.3. The van der Waals surface area contributed by atoms with E-state index in [0.717, 1.165) is 25.9 Å². The number of alkyl halides is 2. The Kier molecular flexibility index (Phi) is 7.78. The van der Waals surface area contributed by atoms with Crippen LogP contribution in [0.2, 0.25) is 0 Å². The molecule has 7 nitrogen and oxygen atoms in total. The summed E-state index contributed by atoms with van der Waals surface area (Å²) in [6.45, 7) is -0.285. The van der Waals surface area contributed by atoms with E-state index in [2.05, 4.69) is 15.0 Å². The highest BCUT2D eigenvalue weighted by Gasteiger charge is 2.23. The molecule has 0 spiro atoms. The number of hydrogen-bond donors (Lipinski definition) is 2. The molecule has 1 aliphatic heterocycles. The maximum atomic E-state index is 12.5. The van der Waals surface area contributed by atoms with E-state index < -0.39 is 6.61 Å². The van der Waals surface area contributed by atoms with Crippen LogP contribution in [0.25, 0.3) is 0 Å². The van der Waals surface area contributed by atoms with Gasteiger partial charge in [-0.3, -0.25) is 9.59 Å². The van der Waals surface area contributed by atoms with Gasteiger partial charge in [0.25, 0.3) is 5.91 Å². The Labute approximate surface area is 156 Å². The molecule has 0 radical (unpaired) electrons. The Morgan fingerprint density at radius 3 is 2.81 bits per heavy atom. The van der Waals surface area contributed by atoms with E-state index in [-0.39, 0.29) is 34.8 Å². The number of primary amides is 1. The van der Waals surface area contributed by atoms with Gasteiger partial charge in [-0.2, -0.15) is 8.78 Å². The maximum Gasteiger partial charge on any atom is 0.387 e. The molecule has 9 heteroatoms. The quantitative estimate of drug-likeness (QED) is 0.630. The highest BCUT2D eigenvalue weighted by Crippen LogP contribution is 2.29. The van der Waals surface area contributed by atoms with E-state index in [1.807, 2.05) is 0 Å². The van der Waals surface area contributed by atoms with Crippen molar-refractivity contribution >= 4 is 11.8 Å². The molecule has 1 aromatic carbocycles. The normalized spacial score (nSPS) is 17.6. The average molecular weight is 385 g/mol. The van der Waals surface area contributed by atoms with Gasteiger partial charge in [0, 0.05) is 18.7 Å². The first kappa shape index (κ1) is 20.9. The number of nitrogens with zero attached hydrogens (tertiary/aromatic N) is 1. The zero-order valence-electron chi connectivity index (χ0n) is 15.2. The molecule has 0 aliphatic carbocycles. The lowest BCUT2D eigenvalue weighted by molar-refractivity contribution is -0.123. The van der Waals surface area contributed by atoms with Crippen LogP contribution >= 0.6 is 0 Å². The van der Waals surface area contributed by atoms with Crippen molar-refractivity contribution in [3.05, 3.63) is 23.8 Å². The number of carbonyl (C=O) groups excluding carboxylic acids is 2. The number of nitrogens with two attached hydrogens (primary N) is 1. The van der Waals surface area contributed by atoms with Crippen LogP contribution in [0.4, 0.5) is 8.78 Å². The molecule has 1 aliphatic rings. The van der Waals surface area contributed by atoms with Gasteiger partial charge in [0.05, 0.1) is 13.0 Å². The van der Waals surface area contributed by atoms with Gasteiger partial charge in [0.1, 0.15) is 0 Å². The van der Waals surface area contributed by atoms with E-state index in [1.165, 1.54) is 25.3 Å². The molecule has 2 amide bonds. The predicted octanol–water partition coefficient (Wildman–Crippen LogP) is 1.61. The minimum atomic E-state index is -3.01. The van der Waals surface area contributed by atoms with Crippen molar-refractivity contribution in [1.29, 1.82) is 0 Å². The van der Waals surface area contributed by atoms with Crippen molar-refractivity contribution in [3.8, 4) is 11.5 Å². The minimum Gasteiger partial charge on any atom is -0.493 e. The van der Waals surface area contributed by atoms with Gasteiger partial charge in [0.2, 0.25) is 5.91 Å². The second kappa shape index (κ2) is 10.1. The monoisotopic (exact) mass is 385 g/mol. The Morgan fingerprint density at radius 2 is 2.15 bits per heavy atom. The van der Waals surface area contributed by atoms with Crippen LogP contribution in [0.5, 0.6) is 11.5 Å². The molecule has 0 saturated carbocycles. The lowest BCUT2D eigenvalue weighted by Gasteiger charge is -2.31. The van der Waals surface area contributed by atoms with Crippen LogP contribution < -0.4 is 20.5 Å². The number of hydrogen-bond acceptors (Lipinski definition) is 5. The first-order valence-corrected chi connectivity index (χ1v) is 8.83. The van der Waals surface area contributed by atoms with Crippen LogP contribution in [0.1, 0.15) is 29.6 Å². The van der Waals surface area contributed by atoms with E-state index in [0.29, 0.717) is 19.5 Å². The van der Waals surface area contributed by atoms with Crippen LogP contribution in [0.15, 0.2) is 18.2 Å². The van der Waals surface area contributed by atoms with Gasteiger partial charge in [-0.1, -0.05) is 0 Å². The highest BCUT2D eigenvalue weighted by molar-refractivity contribution is 5.94. The van der Waals surface area contributed by atoms with Crippen molar-refractivity contribution in [2.45, 2.75) is 25.9 Å². The van der Waals surface area contributed by atoms with Crippen LogP contribution in [0.3, 0.4) is 0 Å². The fourth-order valence-electron chi connectivity index (χ4n) is 3.10. The summed E-state index contributed by atoms with van der Waals surface area (Å²) >= 11 is 0. The lowest BCUT2D eigenvalue weighted by Crippen LogP contribution is -2.42. The molecule has 150 valence electrons. The van der Waals surface area contributed by atoms with E-state index >= 15 is 0 Å². The SMILES string of the molecule is COc1ccc(C(=O)NCCCN2CCCC(C(N)=O)C2)cc1OC(F)F. The smallest absolute Gasteiger partial charge is 0.387 e. The molecule has 1 atom stereocenters. The number of benzene rings is 1. The van der Waals surface area contributed by atoms with Gasteiger partial charge in [-0.15, -0.1) is 0 Å². The van der Waals surface area contributed by atoms with Crippen LogP contribution in [0, 0.1) is 5.92 Å². The summed E-state index contributed by atoms with van der Waals surface area (Å²) in [5, 5.41) is 2.75. The fraction of sp³-hybridized carbons (Fsp3) is 0.556. The van der Waals surface area contributed by atoms with Crippen molar-refractivity contribution in [3.63, 3.8) is 0 Å². The van der Waals surface area contributed by atoms with Crippen molar-refractivity contribution in [2.24, 2.45) is 11.7 Å². The molecule has 1 aromatic rings. The average Bonchev–Trinajstić information content (AvgIpc) is 2.64. The summed E-state index contributed by atoms with van der Waals surface area (Å²) in [5.74, 6) is -0.826. The van der Waals surface area contributed by atoms with Gasteiger partial charge in [0.15, 0.2) is 11.5 Å². The molecule has 1 unspecified atom stereocenters. The third-order valence-corrected chi connectivity index (χ3v) is 4.49. The van der Waals surface area contributed by atoms with E-state index in [9.17, 15) is 18.4 Å². The Bertz CT molecular complexity index is 657.